The molecule has 0 aliphatic carbocycles. The van der Waals surface area contributed by atoms with Crippen molar-refractivity contribution in [2.24, 2.45) is 5.92 Å². The first kappa shape index (κ1) is 18.6. The Hall–Kier alpha value is -1.75. The summed E-state index contributed by atoms with van der Waals surface area (Å²) in [5.41, 5.74) is 1.18. The molecule has 5 nitrogen and oxygen atoms in total. The van der Waals surface area contributed by atoms with Gasteiger partial charge < -0.3 is 14.4 Å². The minimum absolute atomic E-state index is 0.124. The Bertz CT molecular complexity index is 543. The van der Waals surface area contributed by atoms with Gasteiger partial charge in [0.15, 0.2) is 11.5 Å². The van der Waals surface area contributed by atoms with Gasteiger partial charge >= 0.3 is 0 Å². The molecule has 1 saturated heterocycles. The molecule has 0 radical (unpaired) electrons. The number of ether oxygens (including phenoxy) is 2. The van der Waals surface area contributed by atoms with Crippen LogP contribution in [-0.2, 0) is 11.3 Å². The lowest BCUT2D eigenvalue weighted by Crippen LogP contribution is -2.44. The number of rotatable bonds is 7. The normalized spacial score (nSPS) is 18.2. The largest absolute Gasteiger partial charge is 0.493 e. The second kappa shape index (κ2) is 8.92. The molecule has 1 heterocycles. The van der Waals surface area contributed by atoms with Gasteiger partial charge in [-0.2, -0.15) is 0 Å². The van der Waals surface area contributed by atoms with E-state index in [1.165, 1.54) is 5.56 Å². The van der Waals surface area contributed by atoms with Crippen LogP contribution >= 0.6 is 0 Å². The summed E-state index contributed by atoms with van der Waals surface area (Å²) in [4.78, 5) is 16.9. The summed E-state index contributed by atoms with van der Waals surface area (Å²) < 4.78 is 10.7. The minimum atomic E-state index is 0.124. The third kappa shape index (κ3) is 4.41. The predicted octanol–water partition coefficient (Wildman–Crippen LogP) is 2.78. The Morgan fingerprint density at radius 1 is 1.21 bits per heavy atom. The molecular formula is C19H30N2O3. The van der Waals surface area contributed by atoms with Gasteiger partial charge in [0.1, 0.15) is 0 Å². The summed E-state index contributed by atoms with van der Waals surface area (Å²) in [6.45, 7) is 8.39. The first-order chi connectivity index (χ1) is 11.6. The SMILES string of the molecule is CCN(CC)C(=O)C1CCCN(Cc2ccc(OC)c(OC)c2)C1. The van der Waals surface area contributed by atoms with Crippen molar-refractivity contribution in [3.05, 3.63) is 23.8 Å². The maximum Gasteiger partial charge on any atom is 0.226 e. The van der Waals surface area contributed by atoms with Crippen molar-refractivity contribution in [2.75, 3.05) is 40.4 Å². The maximum absolute atomic E-state index is 12.6. The van der Waals surface area contributed by atoms with Gasteiger partial charge in [-0.05, 0) is 50.9 Å². The highest BCUT2D eigenvalue weighted by Gasteiger charge is 2.28. The van der Waals surface area contributed by atoms with Crippen LogP contribution in [0.5, 0.6) is 11.5 Å². The van der Waals surface area contributed by atoms with Crippen molar-refractivity contribution in [1.29, 1.82) is 0 Å². The van der Waals surface area contributed by atoms with E-state index >= 15 is 0 Å². The van der Waals surface area contributed by atoms with Crippen LogP contribution in [0.1, 0.15) is 32.3 Å². The van der Waals surface area contributed by atoms with Crippen molar-refractivity contribution in [2.45, 2.75) is 33.2 Å². The maximum atomic E-state index is 12.6. The van der Waals surface area contributed by atoms with E-state index in [-0.39, 0.29) is 5.92 Å². The summed E-state index contributed by atoms with van der Waals surface area (Å²) in [5.74, 6) is 1.92. The zero-order chi connectivity index (χ0) is 17.5. The zero-order valence-corrected chi connectivity index (χ0v) is 15.4. The van der Waals surface area contributed by atoms with Gasteiger partial charge in [0, 0.05) is 26.2 Å². The van der Waals surface area contributed by atoms with Crippen LogP contribution in [0.3, 0.4) is 0 Å². The first-order valence-electron chi connectivity index (χ1n) is 8.84. The highest BCUT2D eigenvalue weighted by molar-refractivity contribution is 5.79. The van der Waals surface area contributed by atoms with Crippen molar-refractivity contribution in [1.82, 2.24) is 9.80 Å². The van der Waals surface area contributed by atoms with Crippen LogP contribution in [0, 0.1) is 5.92 Å². The third-order valence-corrected chi connectivity index (χ3v) is 4.78. The fraction of sp³-hybridized carbons (Fsp3) is 0.632. The van der Waals surface area contributed by atoms with Gasteiger partial charge in [0.25, 0.3) is 0 Å². The van der Waals surface area contributed by atoms with Crippen LogP contribution < -0.4 is 9.47 Å². The molecule has 1 aromatic rings. The van der Waals surface area contributed by atoms with Crippen LogP contribution in [0.25, 0.3) is 0 Å². The number of carbonyl (C=O) groups is 1. The number of benzene rings is 1. The van der Waals surface area contributed by atoms with Gasteiger partial charge in [-0.3, -0.25) is 9.69 Å². The molecule has 0 bridgehead atoms. The number of piperidine rings is 1. The molecule has 0 N–H and O–H groups in total. The van der Waals surface area contributed by atoms with E-state index in [0.717, 1.165) is 57.1 Å². The van der Waals surface area contributed by atoms with E-state index in [2.05, 4.69) is 11.0 Å². The summed E-state index contributed by atoms with van der Waals surface area (Å²) in [5, 5.41) is 0. The fourth-order valence-electron chi connectivity index (χ4n) is 3.43. The topological polar surface area (TPSA) is 42.0 Å². The lowest BCUT2D eigenvalue weighted by atomic mass is 9.96. The van der Waals surface area contributed by atoms with Gasteiger partial charge in [0.2, 0.25) is 5.91 Å². The third-order valence-electron chi connectivity index (χ3n) is 4.78. The highest BCUT2D eigenvalue weighted by Crippen LogP contribution is 2.29. The summed E-state index contributed by atoms with van der Waals surface area (Å²) in [6.07, 6.45) is 2.07. The minimum Gasteiger partial charge on any atom is -0.493 e. The van der Waals surface area contributed by atoms with Gasteiger partial charge in [0.05, 0.1) is 20.1 Å². The Morgan fingerprint density at radius 2 is 1.92 bits per heavy atom. The molecule has 1 aromatic carbocycles. The second-order valence-corrected chi connectivity index (χ2v) is 6.27. The van der Waals surface area contributed by atoms with E-state index in [1.807, 2.05) is 30.9 Å². The van der Waals surface area contributed by atoms with Gasteiger partial charge in [-0.25, -0.2) is 0 Å². The molecule has 1 unspecified atom stereocenters. The quantitative estimate of drug-likeness (QED) is 0.769. The molecule has 0 spiro atoms. The Balaban J connectivity index is 2.01. The molecule has 134 valence electrons. The van der Waals surface area contributed by atoms with E-state index in [4.69, 9.17) is 9.47 Å². The smallest absolute Gasteiger partial charge is 0.226 e. The first-order valence-corrected chi connectivity index (χ1v) is 8.84. The van der Waals surface area contributed by atoms with Crippen LogP contribution in [-0.4, -0.2) is 56.1 Å². The number of hydrogen-bond donors (Lipinski definition) is 0. The molecular weight excluding hydrogens is 304 g/mol. The van der Waals surface area contributed by atoms with E-state index < -0.39 is 0 Å². The Labute approximate surface area is 145 Å². The molecule has 24 heavy (non-hydrogen) atoms. The summed E-state index contributed by atoms with van der Waals surface area (Å²) in [6, 6.07) is 6.03. The average molecular weight is 334 g/mol. The molecule has 5 heteroatoms. The lowest BCUT2D eigenvalue weighted by molar-refractivity contribution is -0.137. The number of hydrogen-bond acceptors (Lipinski definition) is 4. The number of nitrogens with zero attached hydrogens (tertiary/aromatic N) is 2. The monoisotopic (exact) mass is 334 g/mol. The van der Waals surface area contributed by atoms with Crippen LogP contribution in [0.15, 0.2) is 18.2 Å². The van der Waals surface area contributed by atoms with Crippen molar-refractivity contribution < 1.29 is 14.3 Å². The number of likely N-dealkylation sites (tertiary alicyclic amines) is 1. The molecule has 1 amide bonds. The van der Waals surface area contributed by atoms with Crippen molar-refractivity contribution in [3.63, 3.8) is 0 Å². The molecule has 1 fully saturated rings. The fourth-order valence-corrected chi connectivity index (χ4v) is 3.43. The molecule has 1 atom stereocenters. The summed E-state index contributed by atoms with van der Waals surface area (Å²) in [7, 11) is 3.30. The number of methoxy groups -OCH3 is 2. The second-order valence-electron chi connectivity index (χ2n) is 6.27. The standard InChI is InChI=1S/C19H30N2O3/c1-5-21(6-2)19(22)16-8-7-11-20(14-16)13-15-9-10-17(23-3)18(12-15)24-4/h9-10,12,16H,5-8,11,13-14H2,1-4H3. The predicted molar refractivity (Wildman–Crippen MR) is 95.5 cm³/mol. The van der Waals surface area contributed by atoms with E-state index in [9.17, 15) is 4.79 Å². The van der Waals surface area contributed by atoms with Crippen LogP contribution in [0.4, 0.5) is 0 Å². The number of amides is 1. The molecule has 0 saturated carbocycles. The van der Waals surface area contributed by atoms with E-state index in [0.29, 0.717) is 5.91 Å². The average Bonchev–Trinajstić information content (AvgIpc) is 2.62. The molecule has 1 aliphatic heterocycles. The van der Waals surface area contributed by atoms with Gasteiger partial charge in [-0.15, -0.1) is 0 Å². The van der Waals surface area contributed by atoms with E-state index in [1.54, 1.807) is 14.2 Å². The summed E-state index contributed by atoms with van der Waals surface area (Å²) >= 11 is 0. The van der Waals surface area contributed by atoms with Crippen molar-refractivity contribution in [3.8, 4) is 11.5 Å². The molecule has 0 aromatic heterocycles. The van der Waals surface area contributed by atoms with Crippen LogP contribution in [0.2, 0.25) is 0 Å². The lowest BCUT2D eigenvalue weighted by Gasteiger charge is -2.34. The Kier molecular flexibility index (Phi) is 6.91. The molecule has 2 rings (SSSR count). The zero-order valence-electron chi connectivity index (χ0n) is 15.4. The Morgan fingerprint density at radius 3 is 2.54 bits per heavy atom. The van der Waals surface area contributed by atoms with Crippen molar-refractivity contribution >= 4 is 5.91 Å². The highest BCUT2D eigenvalue weighted by atomic mass is 16.5. The number of carbonyl (C=O) groups excluding carboxylic acids is 1. The molecule has 1 aliphatic rings. The van der Waals surface area contributed by atoms with Gasteiger partial charge in [-0.1, -0.05) is 6.07 Å².